The first-order valence-corrected chi connectivity index (χ1v) is 9.66. The van der Waals surface area contributed by atoms with Gasteiger partial charge in [-0.25, -0.2) is 4.98 Å². The lowest BCUT2D eigenvalue weighted by molar-refractivity contribution is -0.137. The molecule has 7 heteroatoms. The number of rotatable bonds is 7. The van der Waals surface area contributed by atoms with Crippen LogP contribution in [0.2, 0.25) is 0 Å². The fraction of sp³-hybridized carbons (Fsp3) is 0.238. The topological polar surface area (TPSA) is 42.0 Å². The van der Waals surface area contributed by atoms with Crippen LogP contribution in [0.5, 0.6) is 0 Å². The lowest BCUT2D eigenvalue weighted by atomic mass is 10.1. The van der Waals surface area contributed by atoms with Crippen molar-refractivity contribution >= 4 is 22.4 Å². The van der Waals surface area contributed by atoms with Crippen LogP contribution in [0.15, 0.2) is 60.8 Å². The predicted octanol–water partition coefficient (Wildman–Crippen LogP) is 5.71. The van der Waals surface area contributed by atoms with E-state index in [2.05, 4.69) is 10.3 Å². The van der Waals surface area contributed by atoms with E-state index in [9.17, 15) is 18.0 Å². The highest BCUT2D eigenvalue weighted by Crippen LogP contribution is 2.30. The average Bonchev–Trinajstić information content (AvgIpc) is 3.09. The van der Waals surface area contributed by atoms with Gasteiger partial charge < -0.3 is 5.32 Å². The van der Waals surface area contributed by atoms with Gasteiger partial charge in [0.2, 0.25) is 5.91 Å². The molecule has 1 amide bonds. The molecule has 1 aromatic heterocycles. The molecule has 3 aromatic rings. The van der Waals surface area contributed by atoms with E-state index in [4.69, 9.17) is 0 Å². The van der Waals surface area contributed by atoms with E-state index in [1.54, 1.807) is 6.20 Å². The number of nitrogens with zero attached hydrogens (tertiary/aromatic N) is 1. The van der Waals surface area contributed by atoms with Crippen LogP contribution in [0.1, 0.15) is 34.4 Å². The Morgan fingerprint density at radius 1 is 1.00 bits per heavy atom. The normalized spacial score (nSPS) is 11.4. The van der Waals surface area contributed by atoms with Crippen LogP contribution in [0.25, 0.3) is 0 Å². The number of hydrogen-bond donors (Lipinski definition) is 1. The first kappa shape index (κ1) is 20.1. The molecule has 0 radical (unpaired) electrons. The molecule has 0 aliphatic carbocycles. The van der Waals surface area contributed by atoms with E-state index < -0.39 is 11.7 Å². The Labute approximate surface area is 165 Å². The minimum Gasteiger partial charge on any atom is -0.302 e. The lowest BCUT2D eigenvalue weighted by Crippen LogP contribution is -2.11. The zero-order valence-electron chi connectivity index (χ0n) is 15.0. The fourth-order valence-electron chi connectivity index (χ4n) is 2.74. The Bertz CT molecular complexity index is 905. The van der Waals surface area contributed by atoms with Crippen molar-refractivity contribution in [1.82, 2.24) is 4.98 Å². The number of amides is 1. The SMILES string of the molecule is O=C(CCCc1ccccc1)Nc1ncc(Cc2ccc(C(F)(F)F)cc2)s1. The summed E-state index contributed by atoms with van der Waals surface area (Å²) < 4.78 is 37.8. The first-order chi connectivity index (χ1) is 13.4. The van der Waals surface area contributed by atoms with E-state index in [0.29, 0.717) is 18.0 Å². The van der Waals surface area contributed by atoms with E-state index in [0.717, 1.165) is 35.4 Å². The smallest absolute Gasteiger partial charge is 0.302 e. The third kappa shape index (κ3) is 5.92. The molecule has 1 N–H and O–H groups in total. The molecule has 0 spiro atoms. The van der Waals surface area contributed by atoms with Gasteiger partial charge in [-0.05, 0) is 36.1 Å². The summed E-state index contributed by atoms with van der Waals surface area (Å²) in [6.07, 6.45) is -0.226. The quantitative estimate of drug-likeness (QED) is 0.548. The van der Waals surface area contributed by atoms with Gasteiger partial charge >= 0.3 is 6.18 Å². The van der Waals surface area contributed by atoms with Gasteiger partial charge in [-0.3, -0.25) is 4.79 Å². The summed E-state index contributed by atoms with van der Waals surface area (Å²) in [5.41, 5.74) is 1.30. The monoisotopic (exact) mass is 404 g/mol. The van der Waals surface area contributed by atoms with Gasteiger partial charge in [0.05, 0.1) is 5.56 Å². The molecule has 2 aromatic carbocycles. The molecule has 1 heterocycles. The minimum atomic E-state index is -4.33. The molecule has 3 nitrogen and oxygen atoms in total. The minimum absolute atomic E-state index is 0.0913. The number of anilines is 1. The van der Waals surface area contributed by atoms with Crippen LogP contribution in [0.4, 0.5) is 18.3 Å². The fourth-order valence-corrected chi connectivity index (χ4v) is 3.60. The maximum Gasteiger partial charge on any atom is 0.416 e. The van der Waals surface area contributed by atoms with Crippen molar-refractivity contribution in [1.29, 1.82) is 0 Å². The maximum absolute atomic E-state index is 12.6. The number of nitrogens with one attached hydrogen (secondary N) is 1. The third-order valence-corrected chi connectivity index (χ3v) is 5.08. The Morgan fingerprint density at radius 2 is 1.71 bits per heavy atom. The average molecular weight is 404 g/mol. The van der Waals surface area contributed by atoms with E-state index in [1.807, 2.05) is 30.3 Å². The van der Waals surface area contributed by atoms with Crippen molar-refractivity contribution in [3.8, 4) is 0 Å². The zero-order chi connectivity index (χ0) is 20.0. The summed E-state index contributed by atoms with van der Waals surface area (Å²) >= 11 is 1.33. The summed E-state index contributed by atoms with van der Waals surface area (Å²) in [6, 6.07) is 15.1. The number of alkyl halides is 3. The second-order valence-electron chi connectivity index (χ2n) is 6.39. The maximum atomic E-state index is 12.6. The molecule has 0 aliphatic rings. The van der Waals surface area contributed by atoms with Gasteiger partial charge in [0.15, 0.2) is 5.13 Å². The predicted molar refractivity (Wildman–Crippen MR) is 104 cm³/mol. The standard InChI is InChI=1S/C21H19F3N2OS/c22-21(23,24)17-11-9-16(10-12-17)13-18-14-25-20(28-18)26-19(27)8-4-7-15-5-2-1-3-6-15/h1-3,5-6,9-12,14H,4,7-8,13H2,(H,25,26,27). The molecule has 0 fully saturated rings. The Kier molecular flexibility index (Phi) is 6.46. The summed E-state index contributed by atoms with van der Waals surface area (Å²) in [7, 11) is 0. The van der Waals surface area contributed by atoms with Crippen LogP contribution < -0.4 is 5.32 Å². The Morgan fingerprint density at radius 3 is 2.39 bits per heavy atom. The Balaban J connectivity index is 1.47. The largest absolute Gasteiger partial charge is 0.416 e. The molecule has 0 aliphatic heterocycles. The van der Waals surface area contributed by atoms with Crippen LogP contribution in [0, 0.1) is 0 Å². The molecule has 146 valence electrons. The number of carbonyl (C=O) groups is 1. The van der Waals surface area contributed by atoms with Crippen LogP contribution in [-0.4, -0.2) is 10.9 Å². The summed E-state index contributed by atoms with van der Waals surface area (Å²) in [5, 5.41) is 3.29. The molecule has 0 bridgehead atoms. The molecule has 0 unspecified atom stereocenters. The molecule has 0 atom stereocenters. The molecule has 0 saturated heterocycles. The Hall–Kier alpha value is -2.67. The lowest BCUT2D eigenvalue weighted by Gasteiger charge is -2.06. The second kappa shape index (κ2) is 9.01. The second-order valence-corrected chi connectivity index (χ2v) is 7.51. The number of carbonyl (C=O) groups excluding carboxylic acids is 1. The van der Waals surface area contributed by atoms with E-state index in [1.165, 1.54) is 29.0 Å². The number of hydrogen-bond acceptors (Lipinski definition) is 3. The van der Waals surface area contributed by atoms with Gasteiger partial charge in [-0.1, -0.05) is 42.5 Å². The van der Waals surface area contributed by atoms with Gasteiger partial charge in [-0.15, -0.1) is 11.3 Å². The zero-order valence-corrected chi connectivity index (χ0v) is 15.8. The van der Waals surface area contributed by atoms with Gasteiger partial charge in [0, 0.05) is 23.9 Å². The number of halogens is 3. The van der Waals surface area contributed by atoms with Gasteiger partial charge in [0.25, 0.3) is 0 Å². The molecular formula is C21H19F3N2OS. The number of aryl methyl sites for hydroxylation is 1. The highest BCUT2D eigenvalue weighted by atomic mass is 32.1. The van der Waals surface area contributed by atoms with Crippen molar-refractivity contribution in [2.24, 2.45) is 0 Å². The van der Waals surface area contributed by atoms with Crippen LogP contribution >= 0.6 is 11.3 Å². The number of benzene rings is 2. The summed E-state index contributed by atoms with van der Waals surface area (Å²) in [6.45, 7) is 0. The van der Waals surface area contributed by atoms with Crippen molar-refractivity contribution in [3.05, 3.63) is 82.4 Å². The van der Waals surface area contributed by atoms with Crippen molar-refractivity contribution in [3.63, 3.8) is 0 Å². The van der Waals surface area contributed by atoms with Crippen LogP contribution in [-0.2, 0) is 23.8 Å². The summed E-state index contributed by atoms with van der Waals surface area (Å²) in [5.74, 6) is -0.0913. The number of thiazole rings is 1. The summed E-state index contributed by atoms with van der Waals surface area (Å²) in [4.78, 5) is 17.1. The van der Waals surface area contributed by atoms with Gasteiger partial charge in [0.1, 0.15) is 0 Å². The highest BCUT2D eigenvalue weighted by molar-refractivity contribution is 7.15. The van der Waals surface area contributed by atoms with Crippen molar-refractivity contribution in [2.75, 3.05) is 5.32 Å². The van der Waals surface area contributed by atoms with Gasteiger partial charge in [-0.2, -0.15) is 13.2 Å². The molecular weight excluding hydrogens is 385 g/mol. The number of aromatic nitrogens is 1. The van der Waals surface area contributed by atoms with E-state index in [-0.39, 0.29) is 5.91 Å². The third-order valence-electron chi connectivity index (χ3n) is 4.17. The first-order valence-electron chi connectivity index (χ1n) is 8.85. The molecule has 3 rings (SSSR count). The highest BCUT2D eigenvalue weighted by Gasteiger charge is 2.29. The van der Waals surface area contributed by atoms with Crippen molar-refractivity contribution < 1.29 is 18.0 Å². The van der Waals surface area contributed by atoms with E-state index >= 15 is 0 Å². The molecule has 0 saturated carbocycles. The van der Waals surface area contributed by atoms with Crippen LogP contribution in [0.3, 0.4) is 0 Å². The van der Waals surface area contributed by atoms with Crippen molar-refractivity contribution in [2.45, 2.75) is 31.9 Å². The molecule has 28 heavy (non-hydrogen) atoms.